The minimum absolute atomic E-state index is 0.201. The van der Waals surface area contributed by atoms with E-state index in [0.29, 0.717) is 0 Å². The van der Waals surface area contributed by atoms with Crippen LogP contribution in [-0.4, -0.2) is 10.2 Å². The Morgan fingerprint density at radius 2 is 1.22 bits per heavy atom. The standard InChI is InChI=1S/C28H22N2O2/c1-19-7-5-6-10-25(19)28(22-13-17-24(32)18-14-22)26(20-8-3-2-4-9-20)27(29-30-28)21-11-15-23(31)16-12-21/h2-18,31-32H,1H3. The molecule has 1 aliphatic heterocycles. The van der Waals surface area contributed by atoms with Gasteiger partial charge in [-0.3, -0.25) is 0 Å². The van der Waals surface area contributed by atoms with Crippen molar-refractivity contribution >= 4 is 11.3 Å². The van der Waals surface area contributed by atoms with Crippen LogP contribution >= 0.6 is 0 Å². The number of hydrogen-bond donors (Lipinski definition) is 2. The molecule has 0 saturated carbocycles. The van der Waals surface area contributed by atoms with E-state index in [0.717, 1.165) is 39.1 Å². The second-order valence-corrected chi connectivity index (χ2v) is 7.91. The largest absolute Gasteiger partial charge is 0.508 e. The van der Waals surface area contributed by atoms with Crippen molar-refractivity contribution in [2.45, 2.75) is 12.5 Å². The molecule has 4 nitrogen and oxygen atoms in total. The molecule has 1 heterocycles. The number of hydrogen-bond acceptors (Lipinski definition) is 4. The second kappa shape index (κ2) is 7.82. The van der Waals surface area contributed by atoms with Crippen LogP contribution in [0.4, 0.5) is 0 Å². The van der Waals surface area contributed by atoms with Crippen LogP contribution in [0.3, 0.4) is 0 Å². The zero-order chi connectivity index (χ0) is 22.1. The van der Waals surface area contributed by atoms with Gasteiger partial charge in [0.25, 0.3) is 0 Å². The summed E-state index contributed by atoms with van der Waals surface area (Å²) in [5.74, 6) is 0.405. The van der Waals surface area contributed by atoms with Crippen molar-refractivity contribution in [3.8, 4) is 11.5 Å². The fraction of sp³-hybridized carbons (Fsp3) is 0.0714. The van der Waals surface area contributed by atoms with E-state index in [1.165, 1.54) is 0 Å². The SMILES string of the molecule is Cc1ccccc1C1(c2ccc(O)cc2)N=NC(c2ccc(O)cc2)=C1c1ccccc1. The van der Waals surface area contributed by atoms with Gasteiger partial charge in [-0.2, -0.15) is 10.2 Å². The minimum atomic E-state index is -0.881. The molecule has 0 aliphatic carbocycles. The molecule has 1 unspecified atom stereocenters. The summed E-state index contributed by atoms with van der Waals surface area (Å²) in [5, 5.41) is 29.4. The van der Waals surface area contributed by atoms with Crippen LogP contribution in [0.1, 0.15) is 27.8 Å². The van der Waals surface area contributed by atoms with Crippen LogP contribution < -0.4 is 0 Å². The van der Waals surface area contributed by atoms with Crippen molar-refractivity contribution < 1.29 is 10.2 Å². The molecule has 156 valence electrons. The summed E-state index contributed by atoms with van der Waals surface area (Å²) >= 11 is 0. The number of azo groups is 1. The Bertz CT molecular complexity index is 1320. The van der Waals surface area contributed by atoms with Gasteiger partial charge in [-0.1, -0.05) is 66.7 Å². The molecule has 0 spiro atoms. The predicted molar refractivity (Wildman–Crippen MR) is 126 cm³/mol. The van der Waals surface area contributed by atoms with Crippen molar-refractivity contribution in [1.29, 1.82) is 0 Å². The molecule has 1 atom stereocenters. The number of nitrogens with zero attached hydrogens (tertiary/aromatic N) is 2. The Labute approximate surface area is 186 Å². The third-order valence-corrected chi connectivity index (χ3v) is 5.92. The van der Waals surface area contributed by atoms with E-state index in [1.54, 1.807) is 24.3 Å². The molecule has 4 aromatic rings. The van der Waals surface area contributed by atoms with Crippen LogP contribution in [0, 0.1) is 6.92 Å². The van der Waals surface area contributed by atoms with E-state index < -0.39 is 5.54 Å². The molecule has 0 aromatic heterocycles. The van der Waals surface area contributed by atoms with Crippen molar-refractivity contribution in [2.24, 2.45) is 10.2 Å². The van der Waals surface area contributed by atoms with Gasteiger partial charge < -0.3 is 10.2 Å². The zero-order valence-corrected chi connectivity index (χ0v) is 17.6. The summed E-state index contributed by atoms with van der Waals surface area (Å²) in [6, 6.07) is 32.6. The van der Waals surface area contributed by atoms with Gasteiger partial charge in [0.15, 0.2) is 5.54 Å². The van der Waals surface area contributed by atoms with Gasteiger partial charge in [0.1, 0.15) is 11.5 Å². The van der Waals surface area contributed by atoms with Gasteiger partial charge in [0.05, 0.1) is 5.70 Å². The van der Waals surface area contributed by atoms with Gasteiger partial charge in [-0.05, 0) is 65.6 Å². The van der Waals surface area contributed by atoms with E-state index in [4.69, 9.17) is 10.2 Å². The maximum atomic E-state index is 9.96. The van der Waals surface area contributed by atoms with Gasteiger partial charge in [-0.15, -0.1) is 0 Å². The molecular formula is C28H22N2O2. The van der Waals surface area contributed by atoms with E-state index in [9.17, 15) is 10.2 Å². The highest BCUT2D eigenvalue weighted by Crippen LogP contribution is 2.54. The van der Waals surface area contributed by atoms with Crippen molar-refractivity contribution in [1.82, 2.24) is 0 Å². The maximum Gasteiger partial charge on any atom is 0.160 e. The van der Waals surface area contributed by atoms with E-state index >= 15 is 0 Å². The predicted octanol–water partition coefficient (Wildman–Crippen LogP) is 6.68. The molecule has 0 bridgehead atoms. The average Bonchev–Trinajstić information content (AvgIpc) is 3.22. The Morgan fingerprint density at radius 1 is 0.625 bits per heavy atom. The zero-order valence-electron chi connectivity index (χ0n) is 17.6. The number of phenols is 2. The third-order valence-electron chi connectivity index (χ3n) is 5.92. The lowest BCUT2D eigenvalue weighted by Gasteiger charge is -2.31. The molecular weight excluding hydrogens is 396 g/mol. The first kappa shape index (κ1) is 19.8. The lowest BCUT2D eigenvalue weighted by Crippen LogP contribution is -2.26. The number of benzene rings is 4. The van der Waals surface area contributed by atoms with Crippen LogP contribution in [-0.2, 0) is 5.54 Å². The van der Waals surface area contributed by atoms with Crippen molar-refractivity contribution in [2.75, 3.05) is 0 Å². The van der Waals surface area contributed by atoms with E-state index in [2.05, 4.69) is 31.2 Å². The fourth-order valence-corrected chi connectivity index (χ4v) is 4.40. The Hall–Kier alpha value is -4.18. The first-order valence-electron chi connectivity index (χ1n) is 10.5. The highest BCUT2D eigenvalue weighted by atomic mass is 16.3. The van der Waals surface area contributed by atoms with E-state index in [1.807, 2.05) is 54.6 Å². The first-order chi connectivity index (χ1) is 15.6. The Kier molecular flexibility index (Phi) is 4.83. The maximum absolute atomic E-state index is 9.96. The Morgan fingerprint density at radius 3 is 1.88 bits per heavy atom. The molecule has 4 heteroatoms. The smallest absolute Gasteiger partial charge is 0.160 e. The molecule has 0 fully saturated rings. The van der Waals surface area contributed by atoms with Crippen molar-refractivity contribution in [3.05, 3.63) is 131 Å². The normalized spacial score (nSPS) is 17.7. The first-order valence-corrected chi connectivity index (χ1v) is 10.5. The second-order valence-electron chi connectivity index (χ2n) is 7.91. The highest BCUT2D eigenvalue weighted by Gasteiger charge is 2.45. The monoisotopic (exact) mass is 418 g/mol. The minimum Gasteiger partial charge on any atom is -0.508 e. The average molecular weight is 418 g/mol. The summed E-state index contributed by atoms with van der Waals surface area (Å²) in [4.78, 5) is 0. The molecule has 2 N–H and O–H groups in total. The fourth-order valence-electron chi connectivity index (χ4n) is 4.40. The molecule has 0 saturated heterocycles. The number of rotatable bonds is 4. The summed E-state index contributed by atoms with van der Waals surface area (Å²) in [7, 11) is 0. The topological polar surface area (TPSA) is 65.2 Å². The van der Waals surface area contributed by atoms with Gasteiger partial charge in [0.2, 0.25) is 0 Å². The summed E-state index contributed by atoms with van der Waals surface area (Å²) in [5.41, 5.74) is 5.77. The molecule has 4 aromatic carbocycles. The quantitative estimate of drug-likeness (QED) is 0.388. The van der Waals surface area contributed by atoms with Crippen LogP contribution in [0.5, 0.6) is 11.5 Å². The van der Waals surface area contributed by atoms with Gasteiger partial charge >= 0.3 is 0 Å². The van der Waals surface area contributed by atoms with Crippen LogP contribution in [0.25, 0.3) is 11.3 Å². The van der Waals surface area contributed by atoms with Gasteiger partial charge in [0, 0.05) is 11.1 Å². The summed E-state index contributed by atoms with van der Waals surface area (Å²) < 4.78 is 0. The van der Waals surface area contributed by atoms with Crippen molar-refractivity contribution in [3.63, 3.8) is 0 Å². The molecule has 32 heavy (non-hydrogen) atoms. The molecule has 5 rings (SSSR count). The van der Waals surface area contributed by atoms with Crippen LogP contribution in [0.15, 0.2) is 113 Å². The molecule has 1 aliphatic rings. The number of phenolic OH excluding ortho intramolecular Hbond substituents is 2. The number of aromatic hydroxyl groups is 2. The lowest BCUT2D eigenvalue weighted by molar-refractivity contribution is 0.474. The van der Waals surface area contributed by atoms with Crippen LogP contribution in [0.2, 0.25) is 0 Å². The molecule has 0 amide bonds. The highest BCUT2D eigenvalue weighted by molar-refractivity contribution is 5.98. The van der Waals surface area contributed by atoms with Gasteiger partial charge in [-0.25, -0.2) is 0 Å². The molecule has 0 radical (unpaired) electrons. The summed E-state index contributed by atoms with van der Waals surface area (Å²) in [6.07, 6.45) is 0. The Balaban J connectivity index is 1.89. The third kappa shape index (κ3) is 3.17. The lowest BCUT2D eigenvalue weighted by atomic mass is 9.73. The number of aryl methyl sites for hydroxylation is 1. The summed E-state index contributed by atoms with van der Waals surface area (Å²) in [6.45, 7) is 2.08. The van der Waals surface area contributed by atoms with E-state index in [-0.39, 0.29) is 11.5 Å².